The first-order valence-electron chi connectivity index (χ1n) is 8.63. The van der Waals surface area contributed by atoms with Gasteiger partial charge in [-0.15, -0.1) is 0 Å². The third-order valence-corrected chi connectivity index (χ3v) is 5.85. The first-order chi connectivity index (χ1) is 13.8. The van der Waals surface area contributed by atoms with Gasteiger partial charge in [-0.3, -0.25) is 4.79 Å². The van der Waals surface area contributed by atoms with Gasteiger partial charge in [0.15, 0.2) is 0 Å². The fraction of sp³-hybridized carbons (Fsp3) is 0.143. The van der Waals surface area contributed by atoms with Crippen molar-refractivity contribution in [2.24, 2.45) is 5.10 Å². The molecular formula is C21H18Cl2IN3O2. The highest BCUT2D eigenvalue weighted by atomic mass is 127. The molecule has 2 aromatic carbocycles. The van der Waals surface area contributed by atoms with Crippen LogP contribution in [0.5, 0.6) is 5.75 Å². The second-order valence-electron chi connectivity index (χ2n) is 6.31. The van der Waals surface area contributed by atoms with Gasteiger partial charge in [-0.2, -0.15) is 5.10 Å². The maximum absolute atomic E-state index is 12.4. The molecule has 0 spiro atoms. The second kappa shape index (κ2) is 9.19. The van der Waals surface area contributed by atoms with E-state index in [1.165, 1.54) is 0 Å². The summed E-state index contributed by atoms with van der Waals surface area (Å²) in [4.78, 5) is 12.4. The lowest BCUT2D eigenvalue weighted by atomic mass is 10.2. The minimum absolute atomic E-state index is 0.317. The summed E-state index contributed by atoms with van der Waals surface area (Å²) < 4.78 is 8.18. The molecule has 0 atom stereocenters. The number of ether oxygens (including phenoxy) is 1. The van der Waals surface area contributed by atoms with Crippen LogP contribution in [0.1, 0.15) is 27.3 Å². The van der Waals surface area contributed by atoms with Gasteiger partial charge in [0.2, 0.25) is 0 Å². The zero-order chi connectivity index (χ0) is 21.1. The van der Waals surface area contributed by atoms with Gasteiger partial charge in [-0.1, -0.05) is 23.2 Å². The summed E-state index contributed by atoms with van der Waals surface area (Å²) in [5.41, 5.74) is 6.58. The minimum atomic E-state index is -0.317. The molecule has 0 unspecified atom stereocenters. The van der Waals surface area contributed by atoms with Crippen molar-refractivity contribution in [2.75, 3.05) is 7.11 Å². The zero-order valence-corrected chi connectivity index (χ0v) is 19.6. The van der Waals surface area contributed by atoms with Crippen LogP contribution in [0.3, 0.4) is 0 Å². The lowest BCUT2D eigenvalue weighted by Crippen LogP contribution is -2.17. The summed E-state index contributed by atoms with van der Waals surface area (Å²) in [5.74, 6) is 0.326. The van der Waals surface area contributed by atoms with E-state index < -0.39 is 0 Å². The Morgan fingerprint density at radius 2 is 1.93 bits per heavy atom. The number of hydrogen-bond donors (Lipinski definition) is 1. The predicted molar refractivity (Wildman–Crippen MR) is 126 cm³/mol. The molecule has 150 valence electrons. The standard InChI is InChI=1S/C21H18Cl2IN3O2/c1-12-8-15(13(2)27(12)19-10-16(22)5-6-17(19)23)11-25-26-21(28)14-4-7-18(24)20(9-14)29-3/h4-11H,1-3H3,(H,26,28)/b25-11-. The van der Waals surface area contributed by atoms with Crippen molar-refractivity contribution in [2.45, 2.75) is 13.8 Å². The van der Waals surface area contributed by atoms with Crippen LogP contribution < -0.4 is 10.2 Å². The van der Waals surface area contributed by atoms with Crippen molar-refractivity contribution in [3.63, 3.8) is 0 Å². The largest absolute Gasteiger partial charge is 0.496 e. The topological polar surface area (TPSA) is 55.6 Å². The molecule has 0 aliphatic heterocycles. The molecule has 3 rings (SSSR count). The Labute approximate surface area is 192 Å². The number of amides is 1. The summed E-state index contributed by atoms with van der Waals surface area (Å²) in [6.07, 6.45) is 1.61. The highest BCUT2D eigenvalue weighted by Crippen LogP contribution is 2.28. The molecule has 0 fully saturated rings. The fourth-order valence-corrected chi connectivity index (χ4v) is 3.90. The van der Waals surface area contributed by atoms with Crippen molar-refractivity contribution >= 4 is 57.9 Å². The van der Waals surface area contributed by atoms with Crippen LogP contribution in [-0.2, 0) is 0 Å². The Balaban J connectivity index is 1.82. The number of hydrazone groups is 1. The molecule has 0 bridgehead atoms. The van der Waals surface area contributed by atoms with Gasteiger partial charge in [0, 0.05) is 27.5 Å². The summed E-state index contributed by atoms with van der Waals surface area (Å²) in [7, 11) is 1.57. The highest BCUT2D eigenvalue weighted by Gasteiger charge is 2.13. The lowest BCUT2D eigenvalue weighted by Gasteiger charge is -2.12. The Hall–Kier alpha value is -2.03. The van der Waals surface area contributed by atoms with Gasteiger partial charge in [0.05, 0.1) is 27.6 Å². The van der Waals surface area contributed by atoms with Crippen molar-refractivity contribution in [1.82, 2.24) is 9.99 Å². The van der Waals surface area contributed by atoms with Crippen LogP contribution in [0.25, 0.3) is 5.69 Å². The van der Waals surface area contributed by atoms with E-state index in [0.29, 0.717) is 21.4 Å². The molecule has 0 saturated heterocycles. The molecular weight excluding hydrogens is 524 g/mol. The Kier molecular flexibility index (Phi) is 6.87. The van der Waals surface area contributed by atoms with Crippen LogP contribution in [0.4, 0.5) is 0 Å². The van der Waals surface area contributed by atoms with E-state index in [1.807, 2.05) is 36.6 Å². The SMILES string of the molecule is COc1cc(C(=O)N/N=C\c2cc(C)n(-c3cc(Cl)ccc3Cl)c2C)ccc1I. The van der Waals surface area contributed by atoms with Gasteiger partial charge in [0.25, 0.3) is 5.91 Å². The lowest BCUT2D eigenvalue weighted by molar-refractivity contribution is 0.0954. The van der Waals surface area contributed by atoms with Crippen molar-refractivity contribution in [1.29, 1.82) is 0 Å². The number of benzene rings is 2. The third kappa shape index (κ3) is 4.76. The Morgan fingerprint density at radius 1 is 1.17 bits per heavy atom. The molecule has 5 nitrogen and oxygen atoms in total. The van der Waals surface area contributed by atoms with E-state index in [9.17, 15) is 4.79 Å². The number of halogens is 3. The minimum Gasteiger partial charge on any atom is -0.496 e. The maximum atomic E-state index is 12.4. The Morgan fingerprint density at radius 3 is 2.66 bits per heavy atom. The molecule has 1 amide bonds. The van der Waals surface area contributed by atoms with Crippen molar-refractivity contribution < 1.29 is 9.53 Å². The van der Waals surface area contributed by atoms with E-state index in [4.69, 9.17) is 27.9 Å². The first kappa shape index (κ1) is 21.7. The molecule has 0 aliphatic carbocycles. The second-order valence-corrected chi connectivity index (χ2v) is 8.31. The van der Waals surface area contributed by atoms with Crippen LogP contribution in [0.15, 0.2) is 47.6 Å². The molecule has 1 aromatic heterocycles. The number of carbonyl (C=O) groups is 1. The fourth-order valence-electron chi connectivity index (χ4n) is 2.97. The summed E-state index contributed by atoms with van der Waals surface area (Å²) >= 11 is 14.6. The molecule has 1 N–H and O–H groups in total. The molecule has 0 saturated carbocycles. The van der Waals surface area contributed by atoms with Gasteiger partial charge < -0.3 is 9.30 Å². The van der Waals surface area contributed by atoms with Crippen molar-refractivity contribution in [3.05, 3.63) is 78.6 Å². The predicted octanol–water partition coefficient (Wildman–Crippen LogP) is 5.78. The summed E-state index contributed by atoms with van der Waals surface area (Å²) in [6, 6.07) is 12.5. The summed E-state index contributed by atoms with van der Waals surface area (Å²) in [5, 5.41) is 5.31. The van der Waals surface area contributed by atoms with Crippen LogP contribution in [0.2, 0.25) is 10.0 Å². The third-order valence-electron chi connectivity index (χ3n) is 4.40. The Bertz CT molecular complexity index is 1110. The zero-order valence-electron chi connectivity index (χ0n) is 16.0. The van der Waals surface area contributed by atoms with Crippen LogP contribution in [0, 0.1) is 17.4 Å². The highest BCUT2D eigenvalue weighted by molar-refractivity contribution is 14.1. The summed E-state index contributed by atoms with van der Waals surface area (Å²) in [6.45, 7) is 3.93. The number of carbonyl (C=O) groups excluding carboxylic acids is 1. The van der Waals surface area contributed by atoms with Gasteiger partial charge in [-0.25, -0.2) is 5.43 Å². The van der Waals surface area contributed by atoms with Crippen LogP contribution >= 0.6 is 45.8 Å². The van der Waals surface area contributed by atoms with E-state index in [-0.39, 0.29) is 5.91 Å². The normalized spacial score (nSPS) is 11.1. The van der Waals surface area contributed by atoms with E-state index >= 15 is 0 Å². The van der Waals surface area contributed by atoms with Gasteiger partial charge >= 0.3 is 0 Å². The average molecular weight is 542 g/mol. The van der Waals surface area contributed by atoms with E-state index in [0.717, 1.165) is 26.2 Å². The van der Waals surface area contributed by atoms with Crippen molar-refractivity contribution in [3.8, 4) is 11.4 Å². The number of rotatable bonds is 5. The number of aromatic nitrogens is 1. The monoisotopic (exact) mass is 541 g/mol. The quantitative estimate of drug-likeness (QED) is 0.253. The molecule has 8 heteroatoms. The first-order valence-corrected chi connectivity index (χ1v) is 10.5. The number of nitrogens with zero attached hydrogens (tertiary/aromatic N) is 2. The maximum Gasteiger partial charge on any atom is 0.271 e. The van der Waals surface area contributed by atoms with Gasteiger partial charge in [0.1, 0.15) is 5.75 Å². The molecule has 3 aromatic rings. The molecule has 0 radical (unpaired) electrons. The number of hydrogen-bond acceptors (Lipinski definition) is 3. The number of aryl methyl sites for hydroxylation is 1. The van der Waals surface area contributed by atoms with E-state index in [1.54, 1.807) is 37.6 Å². The number of nitrogens with one attached hydrogen (secondary N) is 1. The van der Waals surface area contributed by atoms with Crippen LogP contribution in [-0.4, -0.2) is 23.8 Å². The molecule has 29 heavy (non-hydrogen) atoms. The van der Waals surface area contributed by atoms with Gasteiger partial charge in [-0.05, 0) is 78.9 Å². The smallest absolute Gasteiger partial charge is 0.271 e. The average Bonchev–Trinajstić information content (AvgIpc) is 2.97. The molecule has 1 heterocycles. The number of methoxy groups -OCH3 is 1. The van der Waals surface area contributed by atoms with E-state index in [2.05, 4.69) is 33.1 Å². The molecule has 0 aliphatic rings.